The molecule has 0 spiro atoms. The number of phosphoric ester groups is 2. The van der Waals surface area contributed by atoms with Gasteiger partial charge in [0.1, 0.15) is 19.3 Å². The summed E-state index contributed by atoms with van der Waals surface area (Å²) in [5.74, 6) is -1.30. The third kappa shape index (κ3) is 74.7. The molecule has 19 heteroatoms. The minimum absolute atomic E-state index is 0.107. The molecule has 0 heterocycles. The Balaban J connectivity index is 5.25. The molecule has 0 fully saturated rings. The molecule has 0 aromatic heterocycles. The number of aliphatic hydroxyl groups is 1. The molecule has 0 aromatic carbocycles. The topological polar surface area (TPSA) is 237 Å². The molecule has 600 valence electrons. The van der Waals surface area contributed by atoms with Crippen molar-refractivity contribution in [2.45, 2.75) is 457 Å². The molecule has 0 saturated heterocycles. The zero-order chi connectivity index (χ0) is 74.1. The second kappa shape index (κ2) is 74.9. The van der Waals surface area contributed by atoms with Crippen LogP contribution in [0, 0.1) is 5.92 Å². The molecule has 0 rings (SSSR count). The highest BCUT2D eigenvalue weighted by molar-refractivity contribution is 7.47. The van der Waals surface area contributed by atoms with E-state index in [1.165, 1.54) is 263 Å². The maximum Gasteiger partial charge on any atom is 0.472 e. The summed E-state index contributed by atoms with van der Waals surface area (Å²) in [6, 6.07) is 0. The van der Waals surface area contributed by atoms with E-state index < -0.39 is 97.5 Å². The number of carbonyl (C=O) groups excluding carboxylic acids is 4. The van der Waals surface area contributed by atoms with Gasteiger partial charge < -0.3 is 33.8 Å². The lowest BCUT2D eigenvalue weighted by Gasteiger charge is -2.21. The van der Waals surface area contributed by atoms with E-state index in [9.17, 15) is 43.2 Å². The third-order valence-corrected chi connectivity index (χ3v) is 21.5. The highest BCUT2D eigenvalue weighted by Gasteiger charge is 2.30. The number of esters is 4. The van der Waals surface area contributed by atoms with Gasteiger partial charge in [0.05, 0.1) is 26.4 Å². The largest absolute Gasteiger partial charge is 0.472 e. The summed E-state index contributed by atoms with van der Waals surface area (Å²) in [4.78, 5) is 73.1. The van der Waals surface area contributed by atoms with Crippen LogP contribution in [0.3, 0.4) is 0 Å². The van der Waals surface area contributed by atoms with E-state index in [1.807, 2.05) is 0 Å². The van der Waals surface area contributed by atoms with E-state index in [-0.39, 0.29) is 25.7 Å². The summed E-state index contributed by atoms with van der Waals surface area (Å²) >= 11 is 0. The lowest BCUT2D eigenvalue weighted by molar-refractivity contribution is -0.161. The Hall–Kier alpha value is -1.94. The molecule has 3 unspecified atom stereocenters. The number of hydrogen-bond donors (Lipinski definition) is 3. The minimum atomic E-state index is -4.96. The Morgan fingerprint density at radius 3 is 0.703 bits per heavy atom. The summed E-state index contributed by atoms with van der Waals surface area (Å²) in [6.45, 7) is 7.36. The molecule has 0 aliphatic carbocycles. The molecule has 0 aromatic rings. The fourth-order valence-corrected chi connectivity index (χ4v) is 14.3. The number of hydrogen-bond acceptors (Lipinski definition) is 15. The minimum Gasteiger partial charge on any atom is -0.462 e. The van der Waals surface area contributed by atoms with Gasteiger partial charge in [-0.25, -0.2) is 9.13 Å². The average Bonchev–Trinajstić information content (AvgIpc) is 0.955. The summed E-state index contributed by atoms with van der Waals surface area (Å²) < 4.78 is 68.8. The maximum atomic E-state index is 13.1. The van der Waals surface area contributed by atoms with E-state index in [2.05, 4.69) is 34.6 Å². The molecule has 6 atom stereocenters. The molecule has 17 nitrogen and oxygen atoms in total. The summed E-state index contributed by atoms with van der Waals surface area (Å²) in [7, 11) is -9.92. The number of rotatable bonds is 82. The standard InChI is InChI=1S/C82H160O17P2/c1-6-10-13-16-19-22-25-27-29-31-33-35-37-40-46-51-56-61-66-80(85)93-72-77(98-81(86)67-62-57-52-47-41-38-36-34-32-30-28-26-23-20-17-14-11-7-2)73-96-100(88,89)94-69-76(83)70-95-101(90,91)97-74-78(71-92-79(84)65-60-55-50-45-39-24-21-18-15-12-8-3)99-82(87)68-63-58-53-48-43-42-44-49-54-59-64-75(5)9-4/h75-78,83H,6-74H2,1-5H3,(H,88,89)(H,90,91)/t75?,76-,77-,78-/m1/s1. The molecule has 0 aliphatic rings. The Morgan fingerprint density at radius 1 is 0.277 bits per heavy atom. The Labute approximate surface area is 619 Å². The molecule has 0 radical (unpaired) electrons. The number of unbranched alkanes of at least 4 members (excludes halogenated alkanes) is 53. The van der Waals surface area contributed by atoms with Gasteiger partial charge in [-0.3, -0.25) is 37.3 Å². The first-order valence-corrected chi connectivity index (χ1v) is 45.7. The first kappa shape index (κ1) is 99.1. The van der Waals surface area contributed by atoms with Crippen LogP contribution in [0.2, 0.25) is 0 Å². The smallest absolute Gasteiger partial charge is 0.462 e. The van der Waals surface area contributed by atoms with Crippen molar-refractivity contribution in [2.75, 3.05) is 39.6 Å². The van der Waals surface area contributed by atoms with Crippen LogP contribution in [0.15, 0.2) is 0 Å². The monoisotopic (exact) mass is 1480 g/mol. The molecule has 101 heavy (non-hydrogen) atoms. The SMILES string of the molecule is CCCCCCCCCCCCCCCCCCCCC(=O)OC[C@H](COP(=O)(O)OC[C@@H](O)COP(=O)(O)OC[C@@H](COC(=O)CCCCCCCCCCCCC)OC(=O)CCCCCCCCCCCCC(C)CC)OC(=O)CCCCCCCCCCCCCCCCCCCC. The van der Waals surface area contributed by atoms with E-state index in [1.54, 1.807) is 0 Å². The Morgan fingerprint density at radius 2 is 0.475 bits per heavy atom. The van der Waals surface area contributed by atoms with Gasteiger partial charge >= 0.3 is 39.5 Å². The van der Waals surface area contributed by atoms with Crippen molar-refractivity contribution in [3.63, 3.8) is 0 Å². The van der Waals surface area contributed by atoms with Gasteiger partial charge in [0.25, 0.3) is 0 Å². The summed E-state index contributed by atoms with van der Waals surface area (Å²) in [5, 5.41) is 10.7. The first-order valence-electron chi connectivity index (χ1n) is 42.7. The van der Waals surface area contributed by atoms with E-state index >= 15 is 0 Å². The van der Waals surface area contributed by atoms with Crippen molar-refractivity contribution in [1.29, 1.82) is 0 Å². The number of carbonyl (C=O) groups is 4. The van der Waals surface area contributed by atoms with Crippen molar-refractivity contribution in [3.05, 3.63) is 0 Å². The molecule has 0 aliphatic heterocycles. The van der Waals surface area contributed by atoms with Crippen LogP contribution in [0.5, 0.6) is 0 Å². The van der Waals surface area contributed by atoms with Crippen LogP contribution in [0.25, 0.3) is 0 Å². The van der Waals surface area contributed by atoms with Gasteiger partial charge in [-0.15, -0.1) is 0 Å². The Bertz CT molecular complexity index is 1930. The van der Waals surface area contributed by atoms with E-state index in [0.29, 0.717) is 25.7 Å². The third-order valence-electron chi connectivity index (χ3n) is 19.6. The summed E-state index contributed by atoms with van der Waals surface area (Å²) in [5.41, 5.74) is 0. The quantitative estimate of drug-likeness (QED) is 0.0222. The first-order chi connectivity index (χ1) is 49.1. The number of aliphatic hydroxyl groups excluding tert-OH is 1. The predicted octanol–water partition coefficient (Wildman–Crippen LogP) is 24.8. The van der Waals surface area contributed by atoms with Crippen molar-refractivity contribution in [2.24, 2.45) is 5.92 Å². The van der Waals surface area contributed by atoms with Gasteiger partial charge in [-0.1, -0.05) is 388 Å². The van der Waals surface area contributed by atoms with Gasteiger partial charge in [0.15, 0.2) is 12.2 Å². The second-order valence-corrected chi connectivity index (χ2v) is 32.7. The molecular weight excluding hydrogens is 1320 g/mol. The zero-order valence-electron chi connectivity index (χ0n) is 66.1. The number of ether oxygens (including phenoxy) is 4. The van der Waals surface area contributed by atoms with Gasteiger partial charge in [0, 0.05) is 25.7 Å². The lowest BCUT2D eigenvalue weighted by atomic mass is 9.99. The van der Waals surface area contributed by atoms with Gasteiger partial charge in [-0.2, -0.15) is 0 Å². The van der Waals surface area contributed by atoms with Crippen LogP contribution >= 0.6 is 15.6 Å². The van der Waals surface area contributed by atoms with Crippen molar-refractivity contribution in [1.82, 2.24) is 0 Å². The van der Waals surface area contributed by atoms with Crippen LogP contribution in [-0.4, -0.2) is 96.7 Å². The van der Waals surface area contributed by atoms with Crippen LogP contribution < -0.4 is 0 Å². The van der Waals surface area contributed by atoms with Crippen LogP contribution in [-0.2, 0) is 65.4 Å². The fraction of sp³-hybridized carbons (Fsp3) is 0.951. The Kier molecular flexibility index (Phi) is 73.5. The number of phosphoric acid groups is 2. The van der Waals surface area contributed by atoms with Crippen LogP contribution in [0.4, 0.5) is 0 Å². The highest BCUT2D eigenvalue weighted by Crippen LogP contribution is 2.45. The maximum absolute atomic E-state index is 13.1. The van der Waals surface area contributed by atoms with Crippen LogP contribution in [0.1, 0.15) is 439 Å². The van der Waals surface area contributed by atoms with Crippen molar-refractivity contribution in [3.8, 4) is 0 Å². The van der Waals surface area contributed by atoms with E-state index in [4.69, 9.17) is 37.0 Å². The molecule has 0 bridgehead atoms. The van der Waals surface area contributed by atoms with E-state index in [0.717, 1.165) is 95.8 Å². The molecule has 0 saturated carbocycles. The second-order valence-electron chi connectivity index (χ2n) is 29.8. The summed E-state index contributed by atoms with van der Waals surface area (Å²) in [6.07, 6.45) is 66.5. The van der Waals surface area contributed by atoms with Gasteiger partial charge in [0.2, 0.25) is 0 Å². The highest BCUT2D eigenvalue weighted by atomic mass is 31.2. The van der Waals surface area contributed by atoms with Crippen molar-refractivity contribution < 1.29 is 80.2 Å². The average molecular weight is 1480 g/mol. The normalized spacial score (nSPS) is 14.1. The zero-order valence-corrected chi connectivity index (χ0v) is 67.8. The molecule has 3 N–H and O–H groups in total. The van der Waals surface area contributed by atoms with Crippen molar-refractivity contribution >= 4 is 39.5 Å². The lowest BCUT2D eigenvalue weighted by Crippen LogP contribution is -2.30. The van der Waals surface area contributed by atoms with Gasteiger partial charge in [-0.05, 0) is 31.6 Å². The molecule has 0 amide bonds. The predicted molar refractivity (Wildman–Crippen MR) is 414 cm³/mol. The fourth-order valence-electron chi connectivity index (χ4n) is 12.7. The molecular formula is C82H160O17P2.